The van der Waals surface area contributed by atoms with Crippen LogP contribution in [0.5, 0.6) is 23.0 Å². The molecule has 0 radical (unpaired) electrons. The van der Waals surface area contributed by atoms with Gasteiger partial charge in [-0.15, -0.1) is 0 Å². The molecule has 0 N–H and O–H groups in total. The van der Waals surface area contributed by atoms with Crippen molar-refractivity contribution in [3.8, 4) is 23.0 Å². The van der Waals surface area contributed by atoms with Crippen molar-refractivity contribution in [2.24, 2.45) is 0 Å². The fourth-order valence-electron chi connectivity index (χ4n) is 2.97. The summed E-state index contributed by atoms with van der Waals surface area (Å²) < 4.78 is 57.9. The molecule has 0 fully saturated rings. The molecule has 3 rings (SSSR count). The van der Waals surface area contributed by atoms with E-state index in [4.69, 9.17) is 14.2 Å². The lowest BCUT2D eigenvalue weighted by Gasteiger charge is -2.20. The predicted molar refractivity (Wildman–Crippen MR) is 100 cm³/mol. The molecule has 0 aromatic heterocycles. The van der Waals surface area contributed by atoms with Crippen LogP contribution >= 0.6 is 0 Å². The van der Waals surface area contributed by atoms with Gasteiger partial charge in [0.2, 0.25) is 5.75 Å². The van der Waals surface area contributed by atoms with Crippen molar-refractivity contribution >= 4 is 0 Å². The molecule has 0 amide bonds. The molecular formula is C22H19F3O3. The maximum Gasteiger partial charge on any atom is 0.420 e. The Bertz CT molecular complexity index is 915. The van der Waals surface area contributed by atoms with Gasteiger partial charge >= 0.3 is 6.18 Å². The summed E-state index contributed by atoms with van der Waals surface area (Å²) >= 11 is 0. The van der Waals surface area contributed by atoms with Gasteiger partial charge in [0.1, 0.15) is 11.3 Å². The van der Waals surface area contributed by atoms with E-state index in [1.807, 2.05) is 6.07 Å². The number of methoxy groups -OCH3 is 2. The molecule has 28 heavy (non-hydrogen) atoms. The third-order valence-electron chi connectivity index (χ3n) is 4.23. The van der Waals surface area contributed by atoms with Crippen molar-refractivity contribution in [3.05, 3.63) is 83.4 Å². The molecule has 3 aromatic rings. The summed E-state index contributed by atoms with van der Waals surface area (Å²) in [5.74, 6) is 0.348. The molecule has 6 heteroatoms. The Balaban J connectivity index is 2.09. The van der Waals surface area contributed by atoms with Crippen LogP contribution in [0.2, 0.25) is 0 Å². The van der Waals surface area contributed by atoms with Crippen molar-refractivity contribution in [1.82, 2.24) is 0 Å². The molecule has 0 heterocycles. The first kappa shape index (κ1) is 19.6. The fraction of sp³-hybridized carbons (Fsp3) is 0.182. The Hall–Kier alpha value is -3.15. The van der Waals surface area contributed by atoms with Crippen molar-refractivity contribution < 1.29 is 27.4 Å². The van der Waals surface area contributed by atoms with Crippen LogP contribution in [0.15, 0.2) is 66.7 Å². The van der Waals surface area contributed by atoms with Gasteiger partial charge in [0.05, 0.1) is 14.2 Å². The van der Waals surface area contributed by atoms with Gasteiger partial charge in [-0.25, -0.2) is 0 Å². The van der Waals surface area contributed by atoms with E-state index in [-0.39, 0.29) is 35.0 Å². The lowest BCUT2D eigenvalue weighted by atomic mass is 9.98. The summed E-state index contributed by atoms with van der Waals surface area (Å²) in [6.45, 7) is 0. The zero-order chi connectivity index (χ0) is 20.1. The first-order valence-corrected chi connectivity index (χ1v) is 8.56. The Labute approximate surface area is 161 Å². The number of rotatable bonds is 6. The van der Waals surface area contributed by atoms with E-state index in [2.05, 4.69) is 0 Å². The Kier molecular flexibility index (Phi) is 5.78. The first-order chi connectivity index (χ1) is 13.4. The SMILES string of the molecule is COc1cccc(OC)c1Oc1cccc(Cc2ccccc2)c1C(F)(F)F. The summed E-state index contributed by atoms with van der Waals surface area (Å²) in [6, 6.07) is 18.1. The highest BCUT2D eigenvalue weighted by atomic mass is 19.4. The Morgan fingerprint density at radius 2 is 1.29 bits per heavy atom. The molecule has 0 saturated carbocycles. The van der Waals surface area contributed by atoms with E-state index >= 15 is 0 Å². The number of para-hydroxylation sites is 1. The Morgan fingerprint density at radius 3 is 1.86 bits per heavy atom. The van der Waals surface area contributed by atoms with Crippen LogP contribution < -0.4 is 14.2 Å². The van der Waals surface area contributed by atoms with Gasteiger partial charge in [-0.05, 0) is 35.7 Å². The molecule has 0 spiro atoms. The van der Waals surface area contributed by atoms with Gasteiger partial charge in [0.15, 0.2) is 11.5 Å². The molecule has 0 bridgehead atoms. The highest BCUT2D eigenvalue weighted by molar-refractivity contribution is 5.55. The summed E-state index contributed by atoms with van der Waals surface area (Å²) in [7, 11) is 2.83. The van der Waals surface area contributed by atoms with Gasteiger partial charge in [0, 0.05) is 0 Å². The van der Waals surface area contributed by atoms with Crippen LogP contribution in [-0.4, -0.2) is 14.2 Å². The monoisotopic (exact) mass is 388 g/mol. The van der Waals surface area contributed by atoms with E-state index < -0.39 is 11.7 Å². The zero-order valence-electron chi connectivity index (χ0n) is 15.4. The summed E-state index contributed by atoms with van der Waals surface area (Å²) in [4.78, 5) is 0. The second-order valence-electron chi connectivity index (χ2n) is 6.04. The van der Waals surface area contributed by atoms with Crippen LogP contribution in [0.4, 0.5) is 13.2 Å². The van der Waals surface area contributed by atoms with Gasteiger partial charge in [-0.3, -0.25) is 0 Å². The molecule has 0 unspecified atom stereocenters. The van der Waals surface area contributed by atoms with Crippen LogP contribution in [0, 0.1) is 0 Å². The second kappa shape index (κ2) is 8.25. The molecule has 0 atom stereocenters. The van der Waals surface area contributed by atoms with Crippen LogP contribution in [0.1, 0.15) is 16.7 Å². The summed E-state index contributed by atoms with van der Waals surface area (Å²) in [5.41, 5.74) is 0.0944. The van der Waals surface area contributed by atoms with Gasteiger partial charge < -0.3 is 14.2 Å². The van der Waals surface area contributed by atoms with Crippen LogP contribution in [0.25, 0.3) is 0 Å². The number of halogens is 3. The van der Waals surface area contributed by atoms with Gasteiger partial charge in [0.25, 0.3) is 0 Å². The zero-order valence-corrected chi connectivity index (χ0v) is 15.4. The van der Waals surface area contributed by atoms with Crippen molar-refractivity contribution in [3.63, 3.8) is 0 Å². The number of benzene rings is 3. The first-order valence-electron chi connectivity index (χ1n) is 8.56. The minimum Gasteiger partial charge on any atom is -0.493 e. The third-order valence-corrected chi connectivity index (χ3v) is 4.23. The van der Waals surface area contributed by atoms with Gasteiger partial charge in [-0.2, -0.15) is 13.2 Å². The minimum absolute atomic E-state index is 0.0925. The molecular weight excluding hydrogens is 369 g/mol. The molecule has 0 aliphatic carbocycles. The smallest absolute Gasteiger partial charge is 0.420 e. The normalized spacial score (nSPS) is 11.2. The lowest BCUT2D eigenvalue weighted by Crippen LogP contribution is -2.12. The maximum absolute atomic E-state index is 13.9. The number of ether oxygens (including phenoxy) is 3. The van der Waals surface area contributed by atoms with E-state index in [1.165, 1.54) is 26.4 Å². The van der Waals surface area contributed by atoms with Crippen molar-refractivity contribution in [2.45, 2.75) is 12.6 Å². The fourth-order valence-corrected chi connectivity index (χ4v) is 2.97. The van der Waals surface area contributed by atoms with Crippen molar-refractivity contribution in [1.29, 1.82) is 0 Å². The van der Waals surface area contributed by atoms with E-state index in [1.54, 1.807) is 48.5 Å². The lowest BCUT2D eigenvalue weighted by molar-refractivity contribution is -0.139. The molecule has 3 nitrogen and oxygen atoms in total. The summed E-state index contributed by atoms with van der Waals surface area (Å²) in [6.07, 6.45) is -4.45. The van der Waals surface area contributed by atoms with E-state index in [0.29, 0.717) is 0 Å². The van der Waals surface area contributed by atoms with Crippen LogP contribution in [-0.2, 0) is 12.6 Å². The summed E-state index contributed by atoms with van der Waals surface area (Å²) in [5, 5.41) is 0. The predicted octanol–water partition coefficient (Wildman–Crippen LogP) is 6.11. The molecule has 0 aliphatic rings. The highest BCUT2D eigenvalue weighted by Gasteiger charge is 2.37. The van der Waals surface area contributed by atoms with E-state index in [9.17, 15) is 13.2 Å². The molecule has 0 saturated heterocycles. The quantitative estimate of drug-likeness (QED) is 0.510. The highest BCUT2D eigenvalue weighted by Crippen LogP contribution is 2.45. The van der Waals surface area contributed by atoms with Crippen LogP contribution in [0.3, 0.4) is 0 Å². The third kappa shape index (κ3) is 4.22. The van der Waals surface area contributed by atoms with Crippen molar-refractivity contribution in [2.75, 3.05) is 14.2 Å². The number of hydrogen-bond acceptors (Lipinski definition) is 3. The largest absolute Gasteiger partial charge is 0.493 e. The minimum atomic E-state index is -4.59. The number of hydrogen-bond donors (Lipinski definition) is 0. The molecule has 0 aliphatic heterocycles. The maximum atomic E-state index is 13.9. The Morgan fingerprint density at radius 1 is 0.714 bits per heavy atom. The standard InChI is InChI=1S/C22H19F3O3/c1-26-18-12-7-13-19(27-2)21(18)28-17-11-6-10-16(20(17)22(23,24)25)14-15-8-4-3-5-9-15/h3-13H,14H2,1-2H3. The molecule has 146 valence electrons. The van der Waals surface area contributed by atoms with Gasteiger partial charge in [-0.1, -0.05) is 48.5 Å². The average molecular weight is 388 g/mol. The van der Waals surface area contributed by atoms with E-state index in [0.717, 1.165) is 5.56 Å². The second-order valence-corrected chi connectivity index (χ2v) is 6.04. The topological polar surface area (TPSA) is 27.7 Å². The number of alkyl halides is 3. The average Bonchev–Trinajstić information content (AvgIpc) is 2.68. The molecule has 3 aromatic carbocycles.